The highest BCUT2D eigenvalue weighted by Crippen LogP contribution is 2.24. The minimum absolute atomic E-state index is 0.182. The van der Waals surface area contributed by atoms with Crippen molar-refractivity contribution in [1.82, 2.24) is 4.57 Å². The van der Waals surface area contributed by atoms with Gasteiger partial charge in [0.15, 0.2) is 5.57 Å². The van der Waals surface area contributed by atoms with Crippen LogP contribution in [0.3, 0.4) is 0 Å². The van der Waals surface area contributed by atoms with E-state index in [-0.39, 0.29) is 15.8 Å². The Hall–Kier alpha value is -4.35. The molecule has 176 valence electrons. The number of anilines is 1. The molecule has 0 bridgehead atoms. The van der Waals surface area contributed by atoms with E-state index in [9.17, 15) is 14.9 Å². The second-order valence-electron chi connectivity index (χ2n) is 7.73. The predicted octanol–water partition coefficient (Wildman–Crippen LogP) is 3.65. The zero-order valence-corrected chi connectivity index (χ0v) is 20.3. The Balaban J connectivity index is 1.97. The first kappa shape index (κ1) is 23.8. The van der Waals surface area contributed by atoms with Crippen LogP contribution in [0.25, 0.3) is 17.3 Å². The van der Waals surface area contributed by atoms with Gasteiger partial charge in [-0.1, -0.05) is 24.3 Å². The van der Waals surface area contributed by atoms with Crippen LogP contribution < -0.4 is 24.8 Å². The fourth-order valence-electron chi connectivity index (χ4n) is 3.56. The number of aryl methyl sites for hydroxylation is 2. The van der Waals surface area contributed by atoms with Gasteiger partial charge in [0, 0.05) is 6.08 Å². The highest BCUT2D eigenvalue weighted by molar-refractivity contribution is 7.07. The zero-order valence-electron chi connectivity index (χ0n) is 19.5. The molecule has 4 aromatic rings. The van der Waals surface area contributed by atoms with Crippen LogP contribution in [0.2, 0.25) is 0 Å². The minimum atomic E-state index is -0.635. The van der Waals surface area contributed by atoms with Crippen molar-refractivity contribution in [3.63, 3.8) is 0 Å². The molecule has 0 atom stereocenters. The number of amides is 1. The third kappa shape index (κ3) is 4.95. The summed E-state index contributed by atoms with van der Waals surface area (Å²) in [6.07, 6.45) is 3.12. The van der Waals surface area contributed by atoms with Gasteiger partial charge < -0.3 is 14.5 Å². The van der Waals surface area contributed by atoms with E-state index in [1.807, 2.05) is 45.0 Å². The summed E-state index contributed by atoms with van der Waals surface area (Å²) in [5.74, 6) is 0.353. The molecule has 0 aliphatic carbocycles. The number of thiazole rings is 1. The lowest BCUT2D eigenvalue weighted by Gasteiger charge is -2.11. The summed E-state index contributed by atoms with van der Waals surface area (Å²) in [4.78, 5) is 26.9. The Kier molecular flexibility index (Phi) is 6.99. The van der Waals surface area contributed by atoms with Gasteiger partial charge >= 0.3 is 0 Å². The van der Waals surface area contributed by atoms with Crippen LogP contribution in [0.1, 0.15) is 23.8 Å². The second kappa shape index (κ2) is 10.3. The topological polar surface area (TPSA) is 97.3 Å². The molecular weight excluding hydrogens is 462 g/mol. The molecule has 2 aromatic heterocycles. The van der Waals surface area contributed by atoms with Crippen molar-refractivity contribution in [1.29, 1.82) is 5.26 Å². The molecule has 2 aromatic carbocycles. The van der Waals surface area contributed by atoms with Crippen LogP contribution >= 0.6 is 11.3 Å². The van der Waals surface area contributed by atoms with Crippen molar-refractivity contribution in [2.75, 3.05) is 11.9 Å². The van der Waals surface area contributed by atoms with Crippen LogP contribution in [0.5, 0.6) is 5.75 Å². The SMILES string of the molecule is CCOc1ccccc1NC(=O)/C(C#N)=c1\s/c(=C\c2ccco2)c(=O)n1-c1cc(C)ccc1C. The third-order valence-corrected chi connectivity index (χ3v) is 6.33. The lowest BCUT2D eigenvalue weighted by Crippen LogP contribution is -2.32. The number of furan rings is 1. The van der Waals surface area contributed by atoms with Crippen molar-refractivity contribution < 1.29 is 13.9 Å². The number of nitrogens with zero attached hydrogens (tertiary/aromatic N) is 2. The van der Waals surface area contributed by atoms with Gasteiger partial charge in [-0.3, -0.25) is 14.2 Å². The number of nitrogens with one attached hydrogen (secondary N) is 1. The number of para-hydroxylation sites is 2. The molecule has 0 aliphatic rings. The van der Waals surface area contributed by atoms with Crippen LogP contribution in [0, 0.1) is 25.2 Å². The number of benzene rings is 2. The third-order valence-electron chi connectivity index (χ3n) is 5.23. The molecule has 0 saturated carbocycles. The van der Waals surface area contributed by atoms with Gasteiger partial charge in [-0.15, -0.1) is 11.3 Å². The number of nitriles is 1. The number of hydrogen-bond acceptors (Lipinski definition) is 6. The van der Waals surface area contributed by atoms with E-state index in [1.54, 1.807) is 42.5 Å². The fraction of sp³-hybridized carbons (Fsp3) is 0.148. The van der Waals surface area contributed by atoms with Crippen molar-refractivity contribution in [3.05, 3.63) is 97.3 Å². The highest BCUT2D eigenvalue weighted by Gasteiger charge is 2.19. The quantitative estimate of drug-likeness (QED) is 0.450. The predicted molar refractivity (Wildman–Crippen MR) is 136 cm³/mol. The maximum atomic E-state index is 13.5. The Labute approximate surface area is 205 Å². The first-order valence-electron chi connectivity index (χ1n) is 10.9. The van der Waals surface area contributed by atoms with Gasteiger partial charge in [0.1, 0.15) is 22.2 Å². The van der Waals surface area contributed by atoms with E-state index >= 15 is 0 Å². The molecule has 0 fully saturated rings. The monoisotopic (exact) mass is 485 g/mol. The standard InChI is InChI=1S/C27H23N3O4S/c1-4-33-23-10-6-5-9-21(23)29-25(31)20(16-28)27-30(22-14-17(2)11-12-18(22)3)26(32)24(35-27)15-19-8-7-13-34-19/h5-15H,4H2,1-3H3,(H,29,31)/b24-15-,27-20-. The Bertz CT molecular complexity index is 1610. The largest absolute Gasteiger partial charge is 0.492 e. The molecule has 0 saturated heterocycles. The molecule has 0 radical (unpaired) electrons. The average Bonchev–Trinajstić information content (AvgIpc) is 3.46. The number of carbonyl (C=O) groups excluding carboxylic acids is 1. The lowest BCUT2D eigenvalue weighted by molar-refractivity contribution is -0.111. The maximum absolute atomic E-state index is 13.5. The molecule has 1 N–H and O–H groups in total. The van der Waals surface area contributed by atoms with Gasteiger partial charge in [0.2, 0.25) is 0 Å². The number of carbonyl (C=O) groups is 1. The second-order valence-corrected chi connectivity index (χ2v) is 8.76. The normalized spacial score (nSPS) is 12.2. The van der Waals surface area contributed by atoms with E-state index in [2.05, 4.69) is 5.32 Å². The number of rotatable bonds is 6. The molecule has 35 heavy (non-hydrogen) atoms. The Morgan fingerprint density at radius 1 is 1.20 bits per heavy atom. The van der Waals surface area contributed by atoms with Crippen LogP contribution in [-0.4, -0.2) is 17.1 Å². The molecule has 0 aliphatic heterocycles. The Morgan fingerprint density at radius 3 is 2.71 bits per heavy atom. The molecule has 2 heterocycles. The van der Waals surface area contributed by atoms with Crippen LogP contribution in [-0.2, 0) is 4.79 Å². The summed E-state index contributed by atoms with van der Waals surface area (Å²) in [5, 5.41) is 12.8. The summed E-state index contributed by atoms with van der Waals surface area (Å²) >= 11 is 1.06. The number of hydrogen-bond donors (Lipinski definition) is 1. The molecule has 1 amide bonds. The van der Waals surface area contributed by atoms with Gasteiger partial charge in [-0.25, -0.2) is 0 Å². The molecule has 8 heteroatoms. The minimum Gasteiger partial charge on any atom is -0.492 e. The summed E-state index contributed by atoms with van der Waals surface area (Å²) in [5.41, 5.74) is 2.30. The van der Waals surface area contributed by atoms with Crippen LogP contribution in [0.4, 0.5) is 5.69 Å². The van der Waals surface area contributed by atoms with Gasteiger partial charge in [0.25, 0.3) is 11.5 Å². The zero-order chi connectivity index (χ0) is 24.9. The summed E-state index contributed by atoms with van der Waals surface area (Å²) in [7, 11) is 0. The van der Waals surface area contributed by atoms with E-state index in [4.69, 9.17) is 9.15 Å². The van der Waals surface area contributed by atoms with Crippen molar-refractivity contribution in [2.24, 2.45) is 0 Å². The van der Waals surface area contributed by atoms with E-state index in [1.165, 1.54) is 10.8 Å². The van der Waals surface area contributed by atoms with Crippen molar-refractivity contribution in [3.8, 4) is 17.5 Å². The molecule has 0 unspecified atom stereocenters. The van der Waals surface area contributed by atoms with Gasteiger partial charge in [-0.05, 0) is 62.2 Å². The first-order valence-corrected chi connectivity index (χ1v) is 11.8. The van der Waals surface area contributed by atoms with Crippen LogP contribution in [0.15, 0.2) is 70.1 Å². The molecular formula is C27H23N3O4S. The summed E-state index contributed by atoms with van der Waals surface area (Å²) < 4.78 is 13.0. The van der Waals surface area contributed by atoms with E-state index < -0.39 is 5.91 Å². The highest BCUT2D eigenvalue weighted by atomic mass is 32.1. The smallest absolute Gasteiger partial charge is 0.273 e. The van der Waals surface area contributed by atoms with E-state index in [0.717, 1.165) is 22.5 Å². The van der Waals surface area contributed by atoms with Crippen molar-refractivity contribution >= 4 is 34.6 Å². The molecule has 4 rings (SSSR count). The van der Waals surface area contributed by atoms with Gasteiger partial charge in [0.05, 0.1) is 28.8 Å². The number of ether oxygens (including phenoxy) is 1. The summed E-state index contributed by atoms with van der Waals surface area (Å²) in [6, 6.07) is 18.2. The summed E-state index contributed by atoms with van der Waals surface area (Å²) in [6.45, 7) is 6.06. The first-order chi connectivity index (χ1) is 16.9. The maximum Gasteiger partial charge on any atom is 0.273 e. The van der Waals surface area contributed by atoms with Gasteiger partial charge in [-0.2, -0.15) is 5.26 Å². The molecule has 7 nitrogen and oxygen atoms in total. The Morgan fingerprint density at radius 2 is 2.00 bits per heavy atom. The average molecular weight is 486 g/mol. The fourth-order valence-corrected chi connectivity index (χ4v) is 4.64. The lowest BCUT2D eigenvalue weighted by atomic mass is 10.1. The number of aromatic nitrogens is 1. The van der Waals surface area contributed by atoms with Crippen molar-refractivity contribution in [2.45, 2.75) is 20.8 Å². The molecule has 0 spiro atoms. The van der Waals surface area contributed by atoms with E-state index in [0.29, 0.717) is 34.0 Å².